The summed E-state index contributed by atoms with van der Waals surface area (Å²) in [6.07, 6.45) is 0.895. The molecule has 2 amide bonds. The second-order valence-corrected chi connectivity index (χ2v) is 11.9. The molecule has 252 valence electrons. The molecule has 3 saturated heterocycles. The van der Waals surface area contributed by atoms with Gasteiger partial charge < -0.3 is 34.8 Å². The summed E-state index contributed by atoms with van der Waals surface area (Å²) in [5.41, 5.74) is 2.41. The SMILES string of the molecule is COc1ccc(NC(=O)N2C3CC2CN(c2ccc(-c4cc(OCC(C)(C)O)cn5ncc(C#N)c45)cn2)C3)cc1.O=C(O)C(F)(F)F. The molecule has 2 bridgehead atoms. The minimum atomic E-state index is -5.08. The number of hydrogen-bond acceptors (Lipinski definition) is 9. The molecule has 4 aromatic rings. The van der Waals surface area contributed by atoms with Gasteiger partial charge in [-0.1, -0.05) is 0 Å². The second-order valence-electron chi connectivity index (χ2n) is 11.9. The number of rotatable bonds is 7. The van der Waals surface area contributed by atoms with Crippen LogP contribution in [0.4, 0.5) is 29.5 Å². The first-order valence-corrected chi connectivity index (χ1v) is 14.7. The van der Waals surface area contributed by atoms with Crippen molar-refractivity contribution in [2.45, 2.75) is 44.1 Å². The van der Waals surface area contributed by atoms with E-state index in [2.05, 4.69) is 21.4 Å². The number of carboxylic acid groups (broad SMARTS) is 1. The minimum absolute atomic E-state index is 0.0934. The number of aliphatic carboxylic acids is 1. The van der Waals surface area contributed by atoms with Crippen LogP contribution in [0.15, 0.2) is 61.1 Å². The largest absolute Gasteiger partial charge is 0.497 e. The van der Waals surface area contributed by atoms with E-state index in [4.69, 9.17) is 24.4 Å². The van der Waals surface area contributed by atoms with E-state index in [-0.39, 0.29) is 24.7 Å². The molecule has 2 atom stereocenters. The number of nitrogens with one attached hydrogen (secondary N) is 1. The van der Waals surface area contributed by atoms with Crippen LogP contribution in [-0.2, 0) is 4.79 Å². The van der Waals surface area contributed by atoms with E-state index in [1.54, 1.807) is 37.9 Å². The number of methoxy groups -OCH3 is 1. The number of aromatic nitrogens is 3. The fourth-order valence-corrected chi connectivity index (χ4v) is 5.46. The monoisotopic (exact) mass is 667 g/mol. The van der Waals surface area contributed by atoms with E-state index in [1.807, 2.05) is 47.4 Å². The topological polar surface area (TPSA) is 166 Å². The third-order valence-electron chi connectivity index (χ3n) is 7.69. The van der Waals surface area contributed by atoms with Crippen LogP contribution < -0.4 is 19.7 Å². The molecule has 3 aromatic heterocycles. The van der Waals surface area contributed by atoms with Gasteiger partial charge in [0.1, 0.15) is 30.0 Å². The number of piperazine rings is 1. The molecule has 48 heavy (non-hydrogen) atoms. The lowest BCUT2D eigenvalue weighted by atomic mass is 9.88. The van der Waals surface area contributed by atoms with Crippen molar-refractivity contribution in [2.75, 3.05) is 37.0 Å². The number of amides is 2. The Labute approximate surface area is 272 Å². The van der Waals surface area contributed by atoms with E-state index in [9.17, 15) is 28.3 Å². The van der Waals surface area contributed by atoms with Crippen LogP contribution in [0.3, 0.4) is 0 Å². The number of benzene rings is 1. The third-order valence-corrected chi connectivity index (χ3v) is 7.69. The van der Waals surface area contributed by atoms with E-state index >= 15 is 0 Å². The fourth-order valence-electron chi connectivity index (χ4n) is 5.46. The molecule has 3 fully saturated rings. The molecule has 3 aliphatic heterocycles. The van der Waals surface area contributed by atoms with Crippen molar-refractivity contribution in [3.8, 4) is 28.7 Å². The number of pyridine rings is 2. The number of alkyl halides is 3. The number of carbonyl (C=O) groups excluding carboxylic acids is 1. The first kappa shape index (κ1) is 33.8. The normalized spacial score (nSPS) is 17.0. The van der Waals surface area contributed by atoms with Crippen LogP contribution in [0.25, 0.3) is 16.6 Å². The van der Waals surface area contributed by atoms with Gasteiger partial charge in [0.25, 0.3) is 0 Å². The maximum Gasteiger partial charge on any atom is 0.490 e. The van der Waals surface area contributed by atoms with Crippen molar-refractivity contribution in [2.24, 2.45) is 0 Å². The molecule has 3 N–H and O–H groups in total. The molecule has 0 saturated carbocycles. The number of ether oxygens (including phenoxy) is 2. The highest BCUT2D eigenvalue weighted by Crippen LogP contribution is 2.36. The minimum Gasteiger partial charge on any atom is -0.497 e. The van der Waals surface area contributed by atoms with Crippen LogP contribution in [-0.4, -0.2) is 92.4 Å². The molecule has 0 radical (unpaired) electrons. The molecule has 0 spiro atoms. The average molecular weight is 668 g/mol. The van der Waals surface area contributed by atoms with Gasteiger partial charge >= 0.3 is 18.2 Å². The summed E-state index contributed by atoms with van der Waals surface area (Å²) >= 11 is 0. The predicted octanol–water partition coefficient (Wildman–Crippen LogP) is 4.55. The highest BCUT2D eigenvalue weighted by Gasteiger charge is 2.47. The van der Waals surface area contributed by atoms with Crippen molar-refractivity contribution in [1.29, 1.82) is 5.26 Å². The number of fused-ring (bicyclic) bond motifs is 3. The summed E-state index contributed by atoms with van der Waals surface area (Å²) in [7, 11) is 1.61. The van der Waals surface area contributed by atoms with Gasteiger partial charge in [-0.15, -0.1) is 0 Å². The Morgan fingerprint density at radius 1 is 1.08 bits per heavy atom. The maximum absolute atomic E-state index is 13.0. The van der Waals surface area contributed by atoms with Crippen molar-refractivity contribution >= 4 is 29.0 Å². The van der Waals surface area contributed by atoms with Gasteiger partial charge in [-0.05, 0) is 62.7 Å². The highest BCUT2D eigenvalue weighted by molar-refractivity contribution is 5.91. The number of piperidine rings is 1. The van der Waals surface area contributed by atoms with Crippen LogP contribution in [0.1, 0.15) is 25.8 Å². The number of carbonyl (C=O) groups is 2. The van der Waals surface area contributed by atoms with Crippen LogP contribution >= 0.6 is 0 Å². The van der Waals surface area contributed by atoms with E-state index in [1.165, 1.54) is 6.20 Å². The summed E-state index contributed by atoms with van der Waals surface area (Å²) in [4.78, 5) is 30.7. The third kappa shape index (κ3) is 7.52. The number of anilines is 2. The molecule has 16 heteroatoms. The Balaban J connectivity index is 0.000000582. The molecule has 3 aliphatic rings. The number of nitriles is 1. The summed E-state index contributed by atoms with van der Waals surface area (Å²) in [6, 6.07) is 15.4. The molecule has 6 heterocycles. The molecular weight excluding hydrogens is 635 g/mol. The molecule has 0 aliphatic carbocycles. The fraction of sp³-hybridized carbons (Fsp3) is 0.344. The summed E-state index contributed by atoms with van der Waals surface area (Å²) in [5, 5.41) is 34.2. The van der Waals surface area contributed by atoms with Crippen molar-refractivity contribution in [3.05, 3.63) is 66.6 Å². The lowest BCUT2D eigenvalue weighted by Gasteiger charge is -2.56. The predicted molar refractivity (Wildman–Crippen MR) is 167 cm³/mol. The van der Waals surface area contributed by atoms with Crippen molar-refractivity contribution < 1.29 is 42.4 Å². The Bertz CT molecular complexity index is 1820. The van der Waals surface area contributed by atoms with Crippen molar-refractivity contribution in [3.63, 3.8) is 0 Å². The Morgan fingerprint density at radius 2 is 1.75 bits per heavy atom. The lowest BCUT2D eigenvalue weighted by Crippen LogP contribution is -2.71. The van der Waals surface area contributed by atoms with Crippen LogP contribution in [0.5, 0.6) is 11.5 Å². The van der Waals surface area contributed by atoms with Crippen molar-refractivity contribution in [1.82, 2.24) is 19.5 Å². The average Bonchev–Trinajstić information content (AvgIpc) is 3.46. The van der Waals surface area contributed by atoms with Gasteiger partial charge in [0.15, 0.2) is 0 Å². The summed E-state index contributed by atoms with van der Waals surface area (Å²) in [5.74, 6) is -0.661. The smallest absolute Gasteiger partial charge is 0.490 e. The Kier molecular flexibility index (Phi) is 9.35. The summed E-state index contributed by atoms with van der Waals surface area (Å²) in [6.45, 7) is 4.85. The zero-order chi connectivity index (χ0) is 34.8. The number of nitrogens with zero attached hydrogens (tertiary/aromatic N) is 6. The van der Waals surface area contributed by atoms with E-state index in [0.717, 1.165) is 34.8 Å². The van der Waals surface area contributed by atoms with E-state index < -0.39 is 17.7 Å². The molecule has 2 unspecified atom stereocenters. The lowest BCUT2D eigenvalue weighted by molar-refractivity contribution is -0.192. The number of hydrogen-bond donors (Lipinski definition) is 3. The Hall–Kier alpha value is -5.56. The van der Waals surface area contributed by atoms with Crippen LogP contribution in [0, 0.1) is 11.3 Å². The quantitative estimate of drug-likeness (QED) is 0.255. The number of aliphatic hydroxyl groups is 1. The van der Waals surface area contributed by atoms with Gasteiger partial charge in [-0.3, -0.25) is 0 Å². The van der Waals surface area contributed by atoms with Gasteiger partial charge in [0, 0.05) is 36.1 Å². The number of carboxylic acids is 1. The first-order valence-electron chi connectivity index (χ1n) is 14.7. The zero-order valence-electron chi connectivity index (χ0n) is 26.1. The van der Waals surface area contributed by atoms with Gasteiger partial charge in [0.05, 0.1) is 48.3 Å². The van der Waals surface area contributed by atoms with Crippen LogP contribution in [0.2, 0.25) is 0 Å². The standard InChI is InChI=1S/C30H31N7O4.C2HF3O2/c1-30(2,39)18-41-25-11-26(28-20(12-31)14-33-36(28)17-25)19-4-9-27(32-13-19)35-15-22-10-23(16-35)37(22)29(38)34-21-5-7-24(40-3)8-6-21;3-2(4,5)1(6)7/h4-9,11,13-14,17,22-23,39H,10,15-16,18H2,1-3H3,(H,34,38);(H,6,7). The van der Waals surface area contributed by atoms with Gasteiger partial charge in [0.2, 0.25) is 0 Å². The molecule has 7 rings (SSSR count). The number of urea groups is 1. The van der Waals surface area contributed by atoms with Gasteiger partial charge in [-0.25, -0.2) is 19.1 Å². The number of halogens is 3. The van der Waals surface area contributed by atoms with Gasteiger partial charge in [-0.2, -0.15) is 23.5 Å². The molecule has 1 aromatic carbocycles. The van der Waals surface area contributed by atoms with E-state index in [0.29, 0.717) is 29.9 Å². The highest BCUT2D eigenvalue weighted by atomic mass is 19.4. The molecule has 13 nitrogen and oxygen atoms in total. The zero-order valence-corrected chi connectivity index (χ0v) is 26.1. The first-order chi connectivity index (χ1) is 22.7. The maximum atomic E-state index is 13.0. The summed E-state index contributed by atoms with van der Waals surface area (Å²) < 4.78 is 44.4. The Morgan fingerprint density at radius 3 is 2.29 bits per heavy atom. The second kappa shape index (κ2) is 13.3. The molecular formula is C32H32F3N7O6.